The lowest BCUT2D eigenvalue weighted by atomic mass is 10.2. The number of benzene rings is 1. The van der Waals surface area contributed by atoms with Crippen molar-refractivity contribution < 1.29 is 9.84 Å². The van der Waals surface area contributed by atoms with E-state index in [1.54, 1.807) is 7.11 Å². The first kappa shape index (κ1) is 12.6. The number of methoxy groups -OCH3 is 1. The summed E-state index contributed by atoms with van der Waals surface area (Å²) in [5.74, 6) is 0.668. The molecule has 0 unspecified atom stereocenters. The normalized spacial score (nSPS) is 10.6. The second kappa shape index (κ2) is 5.61. The molecule has 0 fully saturated rings. The number of ether oxygens (including phenoxy) is 1. The minimum atomic E-state index is 0.106. The van der Waals surface area contributed by atoms with E-state index in [1.807, 2.05) is 18.2 Å². The predicted molar refractivity (Wildman–Crippen MR) is 67.0 cm³/mol. The van der Waals surface area contributed by atoms with E-state index in [2.05, 4.69) is 18.7 Å². The van der Waals surface area contributed by atoms with Gasteiger partial charge in [0.25, 0.3) is 0 Å². The molecule has 1 aromatic carbocycles. The van der Waals surface area contributed by atoms with E-state index in [9.17, 15) is 0 Å². The molecule has 0 amide bonds. The molecule has 0 spiro atoms. The highest BCUT2D eigenvalue weighted by Gasteiger charge is 2.14. The zero-order valence-electron chi connectivity index (χ0n) is 10.1. The average molecular weight is 224 g/mol. The summed E-state index contributed by atoms with van der Waals surface area (Å²) in [7, 11) is 1.60. The molecular weight excluding hydrogens is 204 g/mol. The lowest BCUT2D eigenvalue weighted by molar-refractivity contribution is 0.299. The molecule has 1 rings (SSSR count). The van der Waals surface area contributed by atoms with E-state index >= 15 is 0 Å². The third kappa shape index (κ3) is 2.58. The van der Waals surface area contributed by atoms with Crippen molar-refractivity contribution in [2.45, 2.75) is 19.9 Å². The standard InChI is InChI=1S/C12H20N2O2/c1-9(2)14(7-8-15)10-5-4-6-11(16-3)12(10)13/h4-6,9,15H,7-8,13H2,1-3H3. The van der Waals surface area contributed by atoms with E-state index in [0.717, 1.165) is 5.69 Å². The van der Waals surface area contributed by atoms with Crippen molar-refractivity contribution >= 4 is 11.4 Å². The molecule has 0 heterocycles. The summed E-state index contributed by atoms with van der Waals surface area (Å²) in [6, 6.07) is 5.95. The zero-order valence-corrected chi connectivity index (χ0v) is 10.1. The number of anilines is 2. The minimum absolute atomic E-state index is 0.106. The fourth-order valence-electron chi connectivity index (χ4n) is 1.73. The molecule has 0 aliphatic rings. The Kier molecular flexibility index (Phi) is 4.43. The van der Waals surface area contributed by atoms with E-state index in [-0.39, 0.29) is 12.6 Å². The van der Waals surface area contributed by atoms with Gasteiger partial charge in [-0.05, 0) is 26.0 Å². The predicted octanol–water partition coefficient (Wildman–Crippen LogP) is 1.48. The monoisotopic (exact) mass is 224 g/mol. The van der Waals surface area contributed by atoms with Gasteiger partial charge in [-0.3, -0.25) is 0 Å². The summed E-state index contributed by atoms with van der Waals surface area (Å²) < 4.78 is 5.18. The van der Waals surface area contributed by atoms with Gasteiger partial charge < -0.3 is 20.5 Å². The van der Waals surface area contributed by atoms with Crippen LogP contribution in [0.2, 0.25) is 0 Å². The molecule has 1 aromatic rings. The molecule has 0 aliphatic carbocycles. The lowest BCUT2D eigenvalue weighted by Gasteiger charge is -2.29. The second-order valence-corrected chi connectivity index (χ2v) is 3.90. The van der Waals surface area contributed by atoms with Crippen LogP contribution in [0.25, 0.3) is 0 Å². The van der Waals surface area contributed by atoms with Crippen LogP contribution in [0.3, 0.4) is 0 Å². The van der Waals surface area contributed by atoms with Gasteiger partial charge >= 0.3 is 0 Å². The van der Waals surface area contributed by atoms with Gasteiger partial charge in [0.05, 0.1) is 25.1 Å². The van der Waals surface area contributed by atoms with E-state index in [0.29, 0.717) is 18.0 Å². The molecule has 0 atom stereocenters. The largest absolute Gasteiger partial charge is 0.495 e. The van der Waals surface area contributed by atoms with Gasteiger partial charge in [-0.25, -0.2) is 0 Å². The number of nitrogens with two attached hydrogens (primary N) is 1. The zero-order chi connectivity index (χ0) is 12.1. The summed E-state index contributed by atoms with van der Waals surface area (Å²) >= 11 is 0. The maximum Gasteiger partial charge on any atom is 0.143 e. The van der Waals surface area contributed by atoms with Crippen LogP contribution in [0.15, 0.2) is 18.2 Å². The van der Waals surface area contributed by atoms with Crippen LogP contribution in [0.1, 0.15) is 13.8 Å². The molecule has 0 aromatic heterocycles. The maximum absolute atomic E-state index is 9.05. The number of aliphatic hydroxyl groups excluding tert-OH is 1. The number of hydrogen-bond donors (Lipinski definition) is 2. The summed E-state index contributed by atoms with van der Waals surface area (Å²) in [5, 5.41) is 9.05. The van der Waals surface area contributed by atoms with Crippen LogP contribution in [0.5, 0.6) is 5.75 Å². The van der Waals surface area contributed by atoms with Crippen molar-refractivity contribution in [3.05, 3.63) is 18.2 Å². The third-order valence-corrected chi connectivity index (χ3v) is 2.54. The van der Waals surface area contributed by atoms with E-state index < -0.39 is 0 Å². The molecule has 90 valence electrons. The summed E-state index contributed by atoms with van der Waals surface area (Å²) in [6.07, 6.45) is 0. The van der Waals surface area contributed by atoms with Crippen molar-refractivity contribution in [1.82, 2.24) is 0 Å². The van der Waals surface area contributed by atoms with Crippen molar-refractivity contribution in [3.63, 3.8) is 0 Å². The minimum Gasteiger partial charge on any atom is -0.495 e. The summed E-state index contributed by atoms with van der Waals surface area (Å²) in [6.45, 7) is 4.80. The first-order valence-corrected chi connectivity index (χ1v) is 5.41. The number of hydrogen-bond acceptors (Lipinski definition) is 4. The Balaban J connectivity index is 3.08. The van der Waals surface area contributed by atoms with Gasteiger partial charge in [-0.15, -0.1) is 0 Å². The molecule has 4 heteroatoms. The third-order valence-electron chi connectivity index (χ3n) is 2.54. The van der Waals surface area contributed by atoms with Crippen molar-refractivity contribution in [2.75, 3.05) is 30.9 Å². The Hall–Kier alpha value is -1.42. The average Bonchev–Trinajstić information content (AvgIpc) is 2.26. The quantitative estimate of drug-likeness (QED) is 0.744. The fourth-order valence-corrected chi connectivity index (χ4v) is 1.73. The number of nitrogens with zero attached hydrogens (tertiary/aromatic N) is 1. The van der Waals surface area contributed by atoms with Crippen molar-refractivity contribution in [3.8, 4) is 5.75 Å². The molecule has 0 radical (unpaired) electrons. The molecule has 3 N–H and O–H groups in total. The van der Waals surface area contributed by atoms with Crippen LogP contribution in [-0.4, -0.2) is 31.4 Å². The Labute approximate surface area is 96.6 Å². The first-order chi connectivity index (χ1) is 7.61. The Bertz CT molecular complexity index is 340. The van der Waals surface area contributed by atoms with Gasteiger partial charge in [-0.1, -0.05) is 6.07 Å². The lowest BCUT2D eigenvalue weighted by Crippen LogP contribution is -2.34. The number of aliphatic hydroxyl groups is 1. The van der Waals surface area contributed by atoms with Gasteiger partial charge in [0.2, 0.25) is 0 Å². The Morgan fingerprint density at radius 2 is 2.12 bits per heavy atom. The van der Waals surface area contributed by atoms with Crippen LogP contribution >= 0.6 is 0 Å². The molecule has 0 saturated heterocycles. The van der Waals surface area contributed by atoms with Crippen molar-refractivity contribution in [1.29, 1.82) is 0 Å². The summed E-state index contributed by atoms with van der Waals surface area (Å²) in [5.41, 5.74) is 7.54. The highest BCUT2D eigenvalue weighted by molar-refractivity contribution is 5.74. The van der Waals surface area contributed by atoms with Crippen molar-refractivity contribution in [2.24, 2.45) is 0 Å². The van der Waals surface area contributed by atoms with Crippen LogP contribution in [-0.2, 0) is 0 Å². The summed E-state index contributed by atoms with van der Waals surface area (Å²) in [4.78, 5) is 2.05. The number of para-hydroxylation sites is 1. The Morgan fingerprint density at radius 1 is 1.44 bits per heavy atom. The van der Waals surface area contributed by atoms with E-state index in [1.165, 1.54) is 0 Å². The number of rotatable bonds is 5. The molecule has 0 aliphatic heterocycles. The van der Waals surface area contributed by atoms with Crippen LogP contribution < -0.4 is 15.4 Å². The highest BCUT2D eigenvalue weighted by atomic mass is 16.5. The first-order valence-electron chi connectivity index (χ1n) is 5.41. The smallest absolute Gasteiger partial charge is 0.143 e. The molecule has 16 heavy (non-hydrogen) atoms. The van der Waals surface area contributed by atoms with Gasteiger partial charge in [0.1, 0.15) is 5.75 Å². The number of nitrogen functional groups attached to an aromatic ring is 1. The molecular formula is C12H20N2O2. The Morgan fingerprint density at radius 3 is 2.62 bits per heavy atom. The van der Waals surface area contributed by atoms with E-state index in [4.69, 9.17) is 15.6 Å². The molecule has 4 nitrogen and oxygen atoms in total. The van der Waals surface area contributed by atoms with Crippen LogP contribution in [0, 0.1) is 0 Å². The fraction of sp³-hybridized carbons (Fsp3) is 0.500. The molecule has 0 bridgehead atoms. The van der Waals surface area contributed by atoms with Crippen LogP contribution in [0.4, 0.5) is 11.4 Å². The van der Waals surface area contributed by atoms with Gasteiger partial charge in [-0.2, -0.15) is 0 Å². The topological polar surface area (TPSA) is 58.7 Å². The van der Waals surface area contributed by atoms with Gasteiger partial charge in [0.15, 0.2) is 0 Å². The van der Waals surface area contributed by atoms with Gasteiger partial charge in [0, 0.05) is 12.6 Å². The highest BCUT2D eigenvalue weighted by Crippen LogP contribution is 2.32. The molecule has 0 saturated carbocycles. The SMILES string of the molecule is COc1cccc(N(CCO)C(C)C)c1N. The maximum atomic E-state index is 9.05. The second-order valence-electron chi connectivity index (χ2n) is 3.90.